The number of benzene rings is 1. The van der Waals surface area contributed by atoms with Crippen LogP contribution < -0.4 is 16.4 Å². The number of aliphatic hydroxyl groups is 1. The molecule has 1 aromatic heterocycles. The van der Waals surface area contributed by atoms with Crippen molar-refractivity contribution in [3.63, 3.8) is 0 Å². The van der Waals surface area contributed by atoms with Crippen molar-refractivity contribution in [1.82, 2.24) is 25.1 Å². The zero-order valence-corrected chi connectivity index (χ0v) is 37.7. The topological polar surface area (TPSA) is 261 Å². The monoisotopic (exact) mass is 888 g/mol. The number of carbonyl (C=O) groups excluding carboxylic acids is 6. The van der Waals surface area contributed by atoms with Crippen molar-refractivity contribution in [2.24, 2.45) is 23.5 Å². The van der Waals surface area contributed by atoms with Crippen LogP contribution in [-0.2, 0) is 57.2 Å². The molecule has 62 heavy (non-hydrogen) atoms. The number of likely N-dealkylation sites (tertiary alicyclic amines) is 1. The van der Waals surface area contributed by atoms with Gasteiger partial charge in [-0.25, -0.2) is 9.55 Å². The molecular formula is C44H69N6O11P. The molecule has 4 amide bonds. The van der Waals surface area contributed by atoms with Gasteiger partial charge in [0.2, 0.25) is 23.6 Å². The van der Waals surface area contributed by atoms with Gasteiger partial charge in [-0.15, -0.1) is 0 Å². The van der Waals surface area contributed by atoms with E-state index in [2.05, 4.69) is 44.4 Å². The summed E-state index contributed by atoms with van der Waals surface area (Å²) < 4.78 is 17.9. The SMILES string of the molecule is CC(=O)N1CCC[C@H]1C(=O)N[C@@H](CC(C)C)C(=O)C[C@@H](Cc1cncn1CCCCCCCCCCc1ccccc1)C(=O)N[C@@H](CO)C(=O)C[C@H](C(N)=O)[C@@H](C)OP(=O)(O)O. The minimum absolute atomic E-state index is 0.0209. The molecule has 0 unspecified atom stereocenters. The average molecular weight is 889 g/mol. The maximum atomic E-state index is 14.1. The molecular weight excluding hydrogens is 819 g/mol. The first-order valence-electron chi connectivity index (χ1n) is 22.0. The number of hydrogen-bond acceptors (Lipinski definition) is 10. The van der Waals surface area contributed by atoms with Gasteiger partial charge in [-0.1, -0.05) is 82.7 Å². The molecule has 0 saturated carbocycles. The maximum absolute atomic E-state index is 14.1. The van der Waals surface area contributed by atoms with E-state index in [0.717, 1.165) is 39.0 Å². The molecule has 1 aliphatic rings. The summed E-state index contributed by atoms with van der Waals surface area (Å²) in [6.45, 7) is 6.49. The molecule has 3 rings (SSSR count). The van der Waals surface area contributed by atoms with Gasteiger partial charge in [-0.3, -0.25) is 33.3 Å². The third-order valence-corrected chi connectivity index (χ3v) is 12.1. The van der Waals surface area contributed by atoms with Crippen molar-refractivity contribution in [2.45, 2.75) is 155 Å². The van der Waals surface area contributed by atoms with E-state index in [-0.39, 0.29) is 31.1 Å². The van der Waals surface area contributed by atoms with E-state index in [1.165, 1.54) is 43.1 Å². The van der Waals surface area contributed by atoms with Crippen molar-refractivity contribution in [1.29, 1.82) is 0 Å². The Morgan fingerprint density at radius 2 is 1.53 bits per heavy atom. The Bertz CT molecular complexity index is 1800. The molecule has 0 bridgehead atoms. The van der Waals surface area contributed by atoms with Crippen LogP contribution in [0.3, 0.4) is 0 Å². The number of nitrogens with two attached hydrogens (primary N) is 1. The first-order valence-corrected chi connectivity index (χ1v) is 23.5. The van der Waals surface area contributed by atoms with Gasteiger partial charge in [-0.2, -0.15) is 0 Å². The Balaban J connectivity index is 1.72. The molecule has 1 aliphatic heterocycles. The fourth-order valence-corrected chi connectivity index (χ4v) is 8.60. The molecule has 1 saturated heterocycles. The number of nitrogens with zero attached hydrogens (tertiary/aromatic N) is 3. The van der Waals surface area contributed by atoms with Gasteiger partial charge in [0.15, 0.2) is 11.6 Å². The van der Waals surface area contributed by atoms with Gasteiger partial charge >= 0.3 is 7.82 Å². The minimum atomic E-state index is -5.06. The number of aryl methyl sites for hydroxylation is 2. The van der Waals surface area contributed by atoms with E-state index < -0.39 is 86.2 Å². The number of phosphoric ester groups is 1. The highest BCUT2D eigenvalue weighted by atomic mass is 31.2. The van der Waals surface area contributed by atoms with Crippen LogP contribution in [0.2, 0.25) is 0 Å². The van der Waals surface area contributed by atoms with Gasteiger partial charge in [0, 0.05) is 51.2 Å². The van der Waals surface area contributed by atoms with Gasteiger partial charge in [-0.05, 0) is 56.9 Å². The molecule has 0 spiro atoms. The second kappa shape index (κ2) is 26.4. The standard InChI is InChI=1S/C44H69N6O11P/c1-30(2)23-37(47-44(57)39-20-16-22-50(39)32(4)52)40(53)25-34(43(56)48-38(28-51)41(54)26-36(42(45)55)31(3)61-62(58,59)60)24-35-27-46-29-49(35)21-15-10-8-6-5-7-9-12-17-33-18-13-11-14-19-33/h11,13-14,18-19,27,29-31,34,36-39,51H,5-10,12,15-17,20-26,28H2,1-4H3,(H2,45,55)(H,47,57)(H,48,56)(H2,58,59,60)/t31-,34-,36+,37+,38+,39+/m1/s1. The van der Waals surface area contributed by atoms with Gasteiger partial charge in [0.25, 0.3) is 0 Å². The number of ketones is 2. The predicted molar refractivity (Wildman–Crippen MR) is 232 cm³/mol. The van der Waals surface area contributed by atoms with Crippen LogP contribution in [0.5, 0.6) is 0 Å². The van der Waals surface area contributed by atoms with Crippen molar-refractivity contribution in [2.75, 3.05) is 13.2 Å². The van der Waals surface area contributed by atoms with E-state index in [0.29, 0.717) is 31.6 Å². The van der Waals surface area contributed by atoms with Crippen LogP contribution in [-0.4, -0.2) is 102 Å². The summed E-state index contributed by atoms with van der Waals surface area (Å²) in [5, 5.41) is 15.6. The van der Waals surface area contributed by atoms with E-state index in [1.54, 1.807) is 12.5 Å². The number of nitrogens with one attached hydrogen (secondary N) is 2. The lowest BCUT2D eigenvalue weighted by Crippen LogP contribution is -2.52. The van der Waals surface area contributed by atoms with Crippen molar-refractivity contribution in [3.8, 4) is 0 Å². The average Bonchev–Trinajstić information content (AvgIpc) is 3.89. The minimum Gasteiger partial charge on any atom is -0.394 e. The quantitative estimate of drug-likeness (QED) is 0.0482. The number of carbonyl (C=O) groups is 6. The number of phosphoric acid groups is 1. The first kappa shape index (κ1) is 52.1. The summed E-state index contributed by atoms with van der Waals surface area (Å²) in [5.41, 5.74) is 7.46. The van der Waals surface area contributed by atoms with E-state index in [1.807, 2.05) is 24.5 Å². The summed E-state index contributed by atoms with van der Waals surface area (Å²) in [6.07, 6.45) is 12.0. The molecule has 346 valence electrons. The number of amides is 4. The molecule has 1 aromatic carbocycles. The smallest absolute Gasteiger partial charge is 0.394 e. The Kier molecular flexibility index (Phi) is 22.1. The zero-order valence-electron chi connectivity index (χ0n) is 36.8. The van der Waals surface area contributed by atoms with Crippen LogP contribution >= 0.6 is 7.82 Å². The Morgan fingerprint density at radius 3 is 2.13 bits per heavy atom. The Hall–Kier alpha value is -4.28. The maximum Gasteiger partial charge on any atom is 0.469 e. The van der Waals surface area contributed by atoms with Gasteiger partial charge in [0.05, 0.1) is 36.9 Å². The molecule has 0 aliphatic carbocycles. The first-order chi connectivity index (χ1) is 29.4. The largest absolute Gasteiger partial charge is 0.469 e. The molecule has 6 atom stereocenters. The van der Waals surface area contributed by atoms with E-state index >= 15 is 0 Å². The number of hydrogen-bond donors (Lipinski definition) is 6. The number of unbranched alkanes of at least 4 members (excludes halogenated alkanes) is 7. The van der Waals surface area contributed by atoms with Crippen LogP contribution in [0.4, 0.5) is 0 Å². The number of rotatable bonds is 30. The van der Waals surface area contributed by atoms with E-state index in [9.17, 15) is 48.2 Å². The molecule has 2 aromatic rings. The number of aliphatic hydroxyl groups excluding tert-OH is 1. The zero-order chi connectivity index (χ0) is 45.8. The summed E-state index contributed by atoms with van der Waals surface area (Å²) in [5.74, 6) is -6.47. The second-order valence-corrected chi connectivity index (χ2v) is 18.2. The third-order valence-electron chi connectivity index (χ3n) is 11.4. The summed E-state index contributed by atoms with van der Waals surface area (Å²) in [4.78, 5) is 104. The summed E-state index contributed by atoms with van der Waals surface area (Å²) in [6, 6.07) is 7.23. The van der Waals surface area contributed by atoms with Crippen molar-refractivity contribution >= 4 is 43.0 Å². The van der Waals surface area contributed by atoms with Crippen LogP contribution in [0.1, 0.15) is 122 Å². The number of imidazole rings is 1. The molecule has 7 N–H and O–H groups in total. The van der Waals surface area contributed by atoms with Gasteiger partial charge in [0.1, 0.15) is 12.1 Å². The third kappa shape index (κ3) is 18.2. The van der Waals surface area contributed by atoms with Crippen molar-refractivity contribution in [3.05, 3.63) is 54.1 Å². The fraction of sp³-hybridized carbons (Fsp3) is 0.659. The highest BCUT2D eigenvalue weighted by molar-refractivity contribution is 7.46. The molecule has 0 radical (unpaired) electrons. The summed E-state index contributed by atoms with van der Waals surface area (Å²) >= 11 is 0. The molecule has 17 nitrogen and oxygen atoms in total. The highest BCUT2D eigenvalue weighted by Gasteiger charge is 2.37. The predicted octanol–water partition coefficient (Wildman–Crippen LogP) is 3.94. The summed E-state index contributed by atoms with van der Waals surface area (Å²) in [7, 11) is -5.06. The van der Waals surface area contributed by atoms with E-state index in [4.69, 9.17) is 5.73 Å². The number of aromatic nitrogens is 2. The van der Waals surface area contributed by atoms with Crippen LogP contribution in [0.15, 0.2) is 42.9 Å². The van der Waals surface area contributed by atoms with Gasteiger partial charge < -0.3 is 40.7 Å². The molecule has 18 heteroatoms. The fourth-order valence-electron chi connectivity index (χ4n) is 8.02. The highest BCUT2D eigenvalue weighted by Crippen LogP contribution is 2.39. The molecule has 2 heterocycles. The number of primary amides is 1. The van der Waals surface area contributed by atoms with Crippen LogP contribution in [0.25, 0.3) is 0 Å². The normalized spacial score (nSPS) is 16.6. The lowest BCUT2D eigenvalue weighted by molar-refractivity contribution is -0.138. The van der Waals surface area contributed by atoms with Crippen molar-refractivity contribution < 1.29 is 52.7 Å². The Morgan fingerprint density at radius 1 is 0.903 bits per heavy atom. The lowest BCUT2D eigenvalue weighted by atomic mass is 9.89. The molecule has 1 fully saturated rings. The number of Topliss-reactive ketones (excluding diaryl/α,β-unsaturated/α-hetero) is 2. The second-order valence-electron chi connectivity index (χ2n) is 17.0. The lowest BCUT2D eigenvalue weighted by Gasteiger charge is -2.27. The Labute approximate surface area is 365 Å². The van der Waals surface area contributed by atoms with Crippen LogP contribution in [0, 0.1) is 17.8 Å².